The number of hydrogen-bond donors (Lipinski definition) is 1. The van der Waals surface area contributed by atoms with E-state index in [-0.39, 0.29) is 0 Å². The summed E-state index contributed by atoms with van der Waals surface area (Å²) >= 11 is 3.52. The van der Waals surface area contributed by atoms with Crippen LogP contribution in [0.2, 0.25) is 0 Å². The summed E-state index contributed by atoms with van der Waals surface area (Å²) in [5.41, 5.74) is 0. The summed E-state index contributed by atoms with van der Waals surface area (Å²) in [6.07, 6.45) is 7.74. The van der Waals surface area contributed by atoms with E-state index in [1.165, 1.54) is 51.6 Å². The lowest BCUT2D eigenvalue weighted by molar-refractivity contribution is 0.188. The first-order chi connectivity index (χ1) is 9.78. The lowest BCUT2D eigenvalue weighted by Gasteiger charge is -2.35. The molecule has 4 nitrogen and oxygen atoms in total. The largest absolute Gasteiger partial charge is 0.367 e. The van der Waals surface area contributed by atoms with Crippen LogP contribution in [-0.4, -0.2) is 40.0 Å². The van der Waals surface area contributed by atoms with Gasteiger partial charge in [-0.25, -0.2) is 9.97 Å². The highest BCUT2D eigenvalue weighted by Crippen LogP contribution is 2.39. The first-order valence-corrected chi connectivity index (χ1v) is 8.62. The topological polar surface area (TPSA) is 41.0 Å². The number of hydrogen-bond acceptors (Lipinski definition) is 4. The molecule has 1 aliphatic carbocycles. The summed E-state index contributed by atoms with van der Waals surface area (Å²) in [6, 6.07) is 3.39. The molecule has 4 rings (SSSR count). The van der Waals surface area contributed by atoms with Gasteiger partial charge in [-0.3, -0.25) is 0 Å². The zero-order chi connectivity index (χ0) is 13.5. The third-order valence-electron chi connectivity index (χ3n) is 4.83. The van der Waals surface area contributed by atoms with Crippen LogP contribution in [0.25, 0.3) is 0 Å². The normalized spacial score (nSPS) is 30.2. The second kappa shape index (κ2) is 5.26. The van der Waals surface area contributed by atoms with Crippen LogP contribution in [0, 0.1) is 0 Å². The number of rotatable bonds is 3. The molecule has 3 heterocycles. The van der Waals surface area contributed by atoms with Crippen molar-refractivity contribution in [1.82, 2.24) is 14.9 Å². The van der Waals surface area contributed by atoms with E-state index in [2.05, 4.69) is 31.1 Å². The van der Waals surface area contributed by atoms with Gasteiger partial charge in [-0.2, -0.15) is 0 Å². The van der Waals surface area contributed by atoms with Gasteiger partial charge in [-0.1, -0.05) is 0 Å². The van der Waals surface area contributed by atoms with E-state index in [0.717, 1.165) is 22.3 Å². The number of nitrogens with one attached hydrogen (secondary N) is 1. The van der Waals surface area contributed by atoms with Crippen LogP contribution in [0.15, 0.2) is 10.7 Å². The number of piperidine rings is 1. The molecule has 2 atom stereocenters. The highest BCUT2D eigenvalue weighted by molar-refractivity contribution is 9.10. The Bertz CT molecular complexity index is 503. The molecule has 1 saturated carbocycles. The molecule has 2 saturated heterocycles. The van der Waals surface area contributed by atoms with Gasteiger partial charge in [0, 0.05) is 30.6 Å². The Kier molecular flexibility index (Phi) is 3.42. The molecule has 3 fully saturated rings. The number of fused-ring (bicyclic) bond motifs is 1. The van der Waals surface area contributed by atoms with Crippen LogP contribution < -0.4 is 5.32 Å². The van der Waals surface area contributed by atoms with E-state index in [1.807, 2.05) is 6.07 Å². The number of halogens is 1. The van der Waals surface area contributed by atoms with Gasteiger partial charge < -0.3 is 10.2 Å². The van der Waals surface area contributed by atoms with Crippen LogP contribution in [0.1, 0.15) is 50.3 Å². The van der Waals surface area contributed by atoms with Crippen LogP contribution in [0.4, 0.5) is 5.82 Å². The molecule has 0 spiro atoms. The highest BCUT2D eigenvalue weighted by atomic mass is 79.9. The first kappa shape index (κ1) is 13.0. The lowest BCUT2D eigenvalue weighted by Crippen LogP contribution is -2.42. The van der Waals surface area contributed by atoms with Gasteiger partial charge in [0.1, 0.15) is 16.2 Å². The second-order valence-electron chi connectivity index (χ2n) is 6.41. The summed E-state index contributed by atoms with van der Waals surface area (Å²) in [4.78, 5) is 11.9. The first-order valence-electron chi connectivity index (χ1n) is 7.83. The van der Waals surface area contributed by atoms with Crippen molar-refractivity contribution in [2.45, 2.75) is 56.5 Å². The molecule has 5 heteroatoms. The fourth-order valence-corrected chi connectivity index (χ4v) is 4.00. The third-order valence-corrected chi connectivity index (χ3v) is 5.23. The van der Waals surface area contributed by atoms with E-state index >= 15 is 0 Å². The quantitative estimate of drug-likeness (QED) is 0.861. The Morgan fingerprint density at radius 1 is 1.15 bits per heavy atom. The zero-order valence-corrected chi connectivity index (χ0v) is 13.3. The Hall–Kier alpha value is -0.680. The Morgan fingerprint density at radius 2 is 2.05 bits per heavy atom. The van der Waals surface area contributed by atoms with Crippen LogP contribution in [0.5, 0.6) is 0 Å². The van der Waals surface area contributed by atoms with Gasteiger partial charge in [0.05, 0.1) is 0 Å². The second-order valence-corrected chi connectivity index (χ2v) is 7.22. The predicted molar refractivity (Wildman–Crippen MR) is 82.9 cm³/mol. The van der Waals surface area contributed by atoms with Crippen molar-refractivity contribution in [3.63, 3.8) is 0 Å². The van der Waals surface area contributed by atoms with Gasteiger partial charge >= 0.3 is 0 Å². The molecule has 0 aromatic carbocycles. The molecule has 0 bridgehead atoms. The number of nitrogens with zero attached hydrogens (tertiary/aromatic N) is 3. The minimum atomic E-state index is 0.572. The van der Waals surface area contributed by atoms with Crippen molar-refractivity contribution in [1.29, 1.82) is 0 Å². The van der Waals surface area contributed by atoms with Gasteiger partial charge in [0.25, 0.3) is 0 Å². The highest BCUT2D eigenvalue weighted by Gasteiger charge is 2.32. The molecule has 2 aliphatic heterocycles. The maximum atomic E-state index is 4.71. The average Bonchev–Trinajstić information content (AvgIpc) is 3.17. The smallest absolute Gasteiger partial charge is 0.135 e. The Balaban J connectivity index is 1.45. The van der Waals surface area contributed by atoms with E-state index in [1.54, 1.807) is 0 Å². The summed E-state index contributed by atoms with van der Waals surface area (Å²) in [5, 5.41) is 3.65. The minimum Gasteiger partial charge on any atom is -0.367 e. The van der Waals surface area contributed by atoms with Gasteiger partial charge in [0.15, 0.2) is 0 Å². The minimum absolute atomic E-state index is 0.572. The van der Waals surface area contributed by atoms with Gasteiger partial charge in [0.2, 0.25) is 0 Å². The molecule has 1 aromatic heterocycles. The van der Waals surface area contributed by atoms with Gasteiger partial charge in [-0.05, 0) is 61.0 Å². The van der Waals surface area contributed by atoms with Gasteiger partial charge in [-0.15, -0.1) is 0 Å². The fraction of sp³-hybridized carbons (Fsp3) is 0.733. The molecule has 0 amide bonds. The molecular weight excluding hydrogens is 316 g/mol. The molecule has 20 heavy (non-hydrogen) atoms. The zero-order valence-electron chi connectivity index (χ0n) is 11.7. The maximum Gasteiger partial charge on any atom is 0.135 e. The lowest BCUT2D eigenvalue weighted by atomic mass is 9.97. The van der Waals surface area contributed by atoms with Crippen molar-refractivity contribution >= 4 is 21.7 Å². The molecule has 2 unspecified atom stereocenters. The van der Waals surface area contributed by atoms with Crippen molar-refractivity contribution in [3.8, 4) is 0 Å². The fourth-order valence-electron chi connectivity index (χ4n) is 3.60. The summed E-state index contributed by atoms with van der Waals surface area (Å²) in [6.45, 7) is 2.55. The van der Waals surface area contributed by atoms with Crippen molar-refractivity contribution in [3.05, 3.63) is 16.5 Å². The van der Waals surface area contributed by atoms with Crippen LogP contribution in [0.3, 0.4) is 0 Å². The Morgan fingerprint density at radius 3 is 2.90 bits per heavy atom. The molecule has 0 radical (unpaired) electrons. The summed E-state index contributed by atoms with van der Waals surface area (Å²) in [7, 11) is 0. The molecule has 1 aromatic rings. The summed E-state index contributed by atoms with van der Waals surface area (Å²) < 4.78 is 0.912. The Labute approximate surface area is 128 Å². The maximum absolute atomic E-state index is 4.71. The molecule has 108 valence electrons. The predicted octanol–water partition coefficient (Wildman–Crippen LogP) is 3.16. The van der Waals surface area contributed by atoms with Crippen molar-refractivity contribution in [2.75, 3.05) is 18.4 Å². The number of aromatic nitrogens is 2. The summed E-state index contributed by atoms with van der Waals surface area (Å²) in [5.74, 6) is 2.62. The van der Waals surface area contributed by atoms with Crippen LogP contribution >= 0.6 is 15.9 Å². The average molecular weight is 337 g/mol. The number of anilines is 1. The third kappa shape index (κ3) is 2.70. The van der Waals surface area contributed by atoms with Crippen LogP contribution in [-0.2, 0) is 0 Å². The standard InChI is InChI=1S/C15H21BrN4/c16-13-9-14(19-15(18-13)10-3-4-10)17-11-5-7-20-6-1-2-12(20)8-11/h9-12H,1-8H2,(H,17,18,19). The van der Waals surface area contributed by atoms with E-state index in [4.69, 9.17) is 4.98 Å². The van der Waals surface area contributed by atoms with E-state index in [0.29, 0.717) is 12.0 Å². The SMILES string of the molecule is Brc1cc(NC2CCN3CCCC3C2)nc(C2CC2)n1. The van der Waals surface area contributed by atoms with E-state index in [9.17, 15) is 0 Å². The monoisotopic (exact) mass is 336 g/mol. The molecular formula is C15H21BrN4. The van der Waals surface area contributed by atoms with Crippen molar-refractivity contribution in [2.24, 2.45) is 0 Å². The molecule has 3 aliphatic rings. The van der Waals surface area contributed by atoms with Crippen molar-refractivity contribution < 1.29 is 0 Å². The molecule has 1 N–H and O–H groups in total. The van der Waals surface area contributed by atoms with E-state index < -0.39 is 0 Å².